The summed E-state index contributed by atoms with van der Waals surface area (Å²) in [4.78, 5) is 0. The molecular weight excluding hydrogens is 444 g/mol. The summed E-state index contributed by atoms with van der Waals surface area (Å²) in [6, 6.07) is 16.1. The molecule has 0 amide bonds. The van der Waals surface area contributed by atoms with E-state index in [4.69, 9.17) is 4.74 Å². The summed E-state index contributed by atoms with van der Waals surface area (Å²) in [5.41, 5.74) is 2.13. The molecule has 2 aromatic carbocycles. The van der Waals surface area contributed by atoms with E-state index in [0.29, 0.717) is 11.5 Å². The molecule has 0 aliphatic carbocycles. The highest BCUT2D eigenvalue weighted by atomic mass is 32.2. The van der Waals surface area contributed by atoms with Gasteiger partial charge in [-0.25, -0.2) is 17.3 Å². The second kappa shape index (κ2) is 10.3. The van der Waals surface area contributed by atoms with Gasteiger partial charge in [0.05, 0.1) is 28.4 Å². The smallest absolute Gasteiger partial charge is 0.217 e. The molecule has 8 heteroatoms. The number of rotatable bonds is 8. The van der Waals surface area contributed by atoms with Gasteiger partial charge in [-0.1, -0.05) is 30.3 Å². The van der Waals surface area contributed by atoms with Crippen LogP contribution in [0.1, 0.15) is 65.1 Å². The van der Waals surface area contributed by atoms with Gasteiger partial charge in [0, 0.05) is 6.42 Å². The zero-order valence-electron chi connectivity index (χ0n) is 19.9. The summed E-state index contributed by atoms with van der Waals surface area (Å²) in [7, 11) is -3.56. The SMILES string of the molecule is COc1ccc(/C(C[C@H](NS(=O)(=O)C(C)(C)C)c2ccccc2)=N\S(=O)C(C)(C)C)cc1. The van der Waals surface area contributed by atoms with E-state index in [1.807, 2.05) is 75.4 Å². The first-order valence-corrected chi connectivity index (χ1v) is 13.0. The van der Waals surface area contributed by atoms with Crippen LogP contribution in [0.5, 0.6) is 5.75 Å². The van der Waals surface area contributed by atoms with Crippen molar-refractivity contribution in [1.82, 2.24) is 4.72 Å². The maximum atomic E-state index is 13.0. The van der Waals surface area contributed by atoms with Gasteiger partial charge in [-0.3, -0.25) is 0 Å². The Balaban J connectivity index is 2.55. The van der Waals surface area contributed by atoms with Crippen LogP contribution in [0.2, 0.25) is 0 Å². The molecule has 0 aliphatic heterocycles. The lowest BCUT2D eigenvalue weighted by molar-refractivity contribution is 0.415. The first-order valence-electron chi connectivity index (χ1n) is 10.5. The topological polar surface area (TPSA) is 84.8 Å². The largest absolute Gasteiger partial charge is 0.497 e. The Morgan fingerprint density at radius 1 is 1.00 bits per heavy atom. The molecule has 0 bridgehead atoms. The van der Waals surface area contributed by atoms with Crippen LogP contribution in [0, 0.1) is 0 Å². The summed E-state index contributed by atoms with van der Waals surface area (Å²) in [5.74, 6) is 0.693. The molecule has 1 N–H and O–H groups in total. The first-order chi connectivity index (χ1) is 14.7. The van der Waals surface area contributed by atoms with E-state index in [1.165, 1.54) is 0 Å². The second-order valence-electron chi connectivity index (χ2n) is 9.53. The van der Waals surface area contributed by atoms with E-state index in [9.17, 15) is 12.6 Å². The van der Waals surface area contributed by atoms with E-state index < -0.39 is 36.5 Å². The number of hydrogen-bond donors (Lipinski definition) is 1. The van der Waals surface area contributed by atoms with Gasteiger partial charge in [0.15, 0.2) is 0 Å². The molecule has 0 saturated heterocycles. The van der Waals surface area contributed by atoms with Gasteiger partial charge in [-0.05, 0) is 76.9 Å². The Hall–Kier alpha value is -2.03. The molecule has 32 heavy (non-hydrogen) atoms. The van der Waals surface area contributed by atoms with E-state index in [-0.39, 0.29) is 6.42 Å². The molecular formula is C24H34N2O4S2. The maximum Gasteiger partial charge on any atom is 0.217 e. The van der Waals surface area contributed by atoms with Gasteiger partial charge >= 0.3 is 0 Å². The van der Waals surface area contributed by atoms with Crippen molar-refractivity contribution in [2.45, 2.75) is 63.5 Å². The van der Waals surface area contributed by atoms with Crippen molar-refractivity contribution in [2.24, 2.45) is 4.40 Å². The lowest BCUT2D eigenvalue weighted by Gasteiger charge is -2.26. The van der Waals surface area contributed by atoms with Crippen LogP contribution in [0.15, 0.2) is 59.0 Å². The van der Waals surface area contributed by atoms with E-state index in [0.717, 1.165) is 11.1 Å². The molecule has 0 spiro atoms. The zero-order chi connectivity index (χ0) is 24.2. The predicted octanol–water partition coefficient (Wildman–Crippen LogP) is 4.80. The van der Waals surface area contributed by atoms with Crippen LogP contribution >= 0.6 is 0 Å². The maximum absolute atomic E-state index is 13.0. The van der Waals surface area contributed by atoms with Gasteiger partial charge in [0.1, 0.15) is 16.7 Å². The van der Waals surface area contributed by atoms with Gasteiger partial charge in [-0.2, -0.15) is 4.40 Å². The Morgan fingerprint density at radius 3 is 2.03 bits per heavy atom. The molecule has 0 fully saturated rings. The summed E-state index contributed by atoms with van der Waals surface area (Å²) in [5, 5.41) is 0. The van der Waals surface area contributed by atoms with Crippen LogP contribution in [0.25, 0.3) is 0 Å². The van der Waals surface area contributed by atoms with Crippen LogP contribution in [0.4, 0.5) is 0 Å². The molecule has 2 rings (SSSR count). The third-order valence-corrected chi connectivity index (χ3v) is 8.48. The van der Waals surface area contributed by atoms with Gasteiger partial charge in [0.25, 0.3) is 0 Å². The molecule has 0 aliphatic rings. The predicted molar refractivity (Wildman–Crippen MR) is 133 cm³/mol. The lowest BCUT2D eigenvalue weighted by Crippen LogP contribution is -2.42. The number of benzene rings is 2. The minimum atomic E-state index is -3.64. The summed E-state index contributed by atoms with van der Waals surface area (Å²) in [6.07, 6.45) is 0.244. The molecule has 6 nitrogen and oxygen atoms in total. The molecule has 0 heterocycles. The highest BCUT2D eigenvalue weighted by Gasteiger charge is 2.32. The first kappa shape index (κ1) is 26.2. The molecule has 176 valence electrons. The van der Waals surface area contributed by atoms with Crippen molar-refractivity contribution in [3.05, 3.63) is 65.7 Å². The molecule has 0 aromatic heterocycles. The standard InChI is InChI=1S/C24H34N2O4S2/c1-23(2,3)31(27)25-21(19-13-15-20(30-7)16-14-19)17-22(18-11-9-8-10-12-18)26-32(28,29)24(4,5)6/h8-16,22,26H,17H2,1-7H3/b25-21-/t22-,31?/m0/s1. The van der Waals surface area contributed by atoms with E-state index >= 15 is 0 Å². The number of nitrogens with one attached hydrogen (secondary N) is 1. The van der Waals surface area contributed by atoms with E-state index in [2.05, 4.69) is 9.12 Å². The van der Waals surface area contributed by atoms with Gasteiger partial charge in [0.2, 0.25) is 10.0 Å². The summed E-state index contributed by atoms with van der Waals surface area (Å²) in [6.45, 7) is 10.5. The minimum Gasteiger partial charge on any atom is -0.497 e. The Labute approximate surface area is 195 Å². The molecule has 2 aromatic rings. The van der Waals surface area contributed by atoms with Crippen molar-refractivity contribution in [1.29, 1.82) is 0 Å². The Kier molecular flexibility index (Phi) is 8.42. The van der Waals surface area contributed by atoms with Crippen molar-refractivity contribution < 1.29 is 17.4 Å². The number of methoxy groups -OCH3 is 1. The molecule has 2 atom stereocenters. The van der Waals surface area contributed by atoms with Crippen molar-refractivity contribution in [3.8, 4) is 5.75 Å². The zero-order valence-corrected chi connectivity index (χ0v) is 21.5. The number of ether oxygens (including phenoxy) is 1. The van der Waals surface area contributed by atoms with Crippen LogP contribution in [-0.4, -0.2) is 34.9 Å². The fraction of sp³-hybridized carbons (Fsp3) is 0.458. The number of sulfonamides is 1. The highest BCUT2D eigenvalue weighted by Crippen LogP contribution is 2.26. The van der Waals surface area contributed by atoms with Gasteiger partial charge in [-0.15, -0.1) is 0 Å². The molecule has 0 radical (unpaired) electrons. The van der Waals surface area contributed by atoms with E-state index in [1.54, 1.807) is 27.9 Å². The molecule has 1 unspecified atom stereocenters. The third kappa shape index (κ3) is 6.98. The quantitative estimate of drug-likeness (QED) is 0.553. The van der Waals surface area contributed by atoms with Crippen molar-refractivity contribution in [3.63, 3.8) is 0 Å². The summed E-state index contributed by atoms with van der Waals surface area (Å²) >= 11 is 0. The monoisotopic (exact) mass is 478 g/mol. The fourth-order valence-corrected chi connectivity index (χ4v) is 4.30. The number of hydrogen-bond acceptors (Lipinski definition) is 4. The summed E-state index contributed by atoms with van der Waals surface area (Å²) < 4.78 is 50.0. The average Bonchev–Trinajstić information content (AvgIpc) is 2.71. The Morgan fingerprint density at radius 2 is 1.56 bits per heavy atom. The third-order valence-electron chi connectivity index (χ3n) is 4.84. The highest BCUT2D eigenvalue weighted by molar-refractivity contribution is 7.90. The van der Waals surface area contributed by atoms with Crippen LogP contribution < -0.4 is 9.46 Å². The molecule has 0 saturated carbocycles. The van der Waals surface area contributed by atoms with Crippen LogP contribution in [0.3, 0.4) is 0 Å². The van der Waals surface area contributed by atoms with Crippen molar-refractivity contribution >= 4 is 26.7 Å². The normalized spacial score (nSPS) is 15.3. The van der Waals surface area contributed by atoms with Crippen molar-refractivity contribution in [2.75, 3.05) is 7.11 Å². The minimum absolute atomic E-state index is 0.244. The second-order valence-corrected chi connectivity index (χ2v) is 13.9. The Bertz CT molecular complexity index is 1050. The van der Waals surface area contributed by atoms with Gasteiger partial charge < -0.3 is 4.74 Å². The number of nitrogens with zero attached hydrogens (tertiary/aromatic N) is 1. The lowest BCUT2D eigenvalue weighted by atomic mass is 9.98. The van der Waals surface area contributed by atoms with Crippen LogP contribution in [-0.2, 0) is 21.0 Å². The fourth-order valence-electron chi connectivity index (χ4n) is 2.70. The average molecular weight is 479 g/mol.